The SMILES string of the molecule is [C-]#[N+]c1nc(Nc2ccc(-c3cnc4cc(F)ccn34)c3c2C(=O)N(C(=O)OC(C)(C)C)C3)ccc1C1(OC)CC1. The molecule has 0 saturated heterocycles. The number of anilines is 2. The van der Waals surface area contributed by atoms with Crippen LogP contribution in [0.25, 0.3) is 21.7 Å². The lowest BCUT2D eigenvalue weighted by Gasteiger charge is -2.23. The zero-order valence-corrected chi connectivity index (χ0v) is 23.0. The average Bonchev–Trinajstić information content (AvgIpc) is 3.49. The molecular formula is C30H27FN6O4. The minimum Gasteiger partial charge on any atom is -0.443 e. The Hall–Kier alpha value is -4.82. The van der Waals surface area contributed by atoms with Crippen molar-refractivity contribution >= 4 is 35.0 Å². The molecule has 1 fully saturated rings. The molecule has 2 amide bonds. The van der Waals surface area contributed by atoms with E-state index in [0.717, 1.165) is 23.3 Å². The van der Waals surface area contributed by atoms with Crippen LogP contribution in [0.1, 0.15) is 55.1 Å². The van der Waals surface area contributed by atoms with Gasteiger partial charge >= 0.3 is 6.09 Å². The molecule has 4 heterocycles. The van der Waals surface area contributed by atoms with Crippen molar-refractivity contribution in [3.63, 3.8) is 0 Å². The van der Waals surface area contributed by atoms with E-state index in [2.05, 4.69) is 20.1 Å². The van der Waals surface area contributed by atoms with Crippen molar-refractivity contribution in [2.45, 2.75) is 51.4 Å². The predicted molar refractivity (Wildman–Crippen MR) is 148 cm³/mol. The molecule has 1 aromatic carbocycles. The molecule has 1 N–H and O–H groups in total. The van der Waals surface area contributed by atoms with E-state index in [1.165, 1.54) is 12.1 Å². The molecular weight excluding hydrogens is 527 g/mol. The number of benzene rings is 1. The molecule has 1 aliphatic heterocycles. The van der Waals surface area contributed by atoms with Crippen LogP contribution in [0.4, 0.5) is 26.5 Å². The second kappa shape index (κ2) is 9.38. The summed E-state index contributed by atoms with van der Waals surface area (Å²) in [7, 11) is 1.63. The van der Waals surface area contributed by atoms with Crippen molar-refractivity contribution in [3.05, 3.63) is 82.7 Å². The first kappa shape index (κ1) is 26.4. The van der Waals surface area contributed by atoms with Crippen LogP contribution >= 0.6 is 0 Å². The van der Waals surface area contributed by atoms with Gasteiger partial charge < -0.3 is 19.6 Å². The van der Waals surface area contributed by atoms with Crippen molar-refractivity contribution in [1.29, 1.82) is 0 Å². The maximum atomic E-state index is 13.8. The van der Waals surface area contributed by atoms with Gasteiger partial charge in [0.1, 0.15) is 17.1 Å². The number of pyridine rings is 2. The van der Waals surface area contributed by atoms with Crippen LogP contribution in [0.3, 0.4) is 0 Å². The Morgan fingerprint density at radius 1 is 1.20 bits per heavy atom. The summed E-state index contributed by atoms with van der Waals surface area (Å²) < 4.78 is 26.7. The van der Waals surface area contributed by atoms with Gasteiger partial charge in [-0.25, -0.2) is 19.1 Å². The summed E-state index contributed by atoms with van der Waals surface area (Å²) in [5.41, 5.74) is 2.43. The van der Waals surface area contributed by atoms with Crippen LogP contribution in [0.2, 0.25) is 0 Å². The molecule has 208 valence electrons. The summed E-state index contributed by atoms with van der Waals surface area (Å²) in [5, 5.41) is 3.18. The molecule has 0 atom stereocenters. The zero-order chi connectivity index (χ0) is 29.1. The van der Waals surface area contributed by atoms with Gasteiger partial charge in [-0.2, -0.15) is 0 Å². The van der Waals surface area contributed by atoms with Crippen LogP contribution in [0, 0.1) is 12.4 Å². The third kappa shape index (κ3) is 4.56. The Balaban J connectivity index is 1.44. The van der Waals surface area contributed by atoms with Crippen LogP contribution < -0.4 is 5.32 Å². The van der Waals surface area contributed by atoms with Gasteiger partial charge in [-0.05, 0) is 51.3 Å². The minimum absolute atomic E-state index is 0.0294. The molecule has 1 saturated carbocycles. The Morgan fingerprint density at radius 3 is 2.66 bits per heavy atom. The summed E-state index contributed by atoms with van der Waals surface area (Å²) in [6.45, 7) is 12.8. The number of fused-ring (bicyclic) bond motifs is 2. The fourth-order valence-electron chi connectivity index (χ4n) is 5.18. The number of nitrogens with zero attached hydrogens (tertiary/aromatic N) is 5. The Bertz CT molecular complexity index is 1780. The van der Waals surface area contributed by atoms with Crippen molar-refractivity contribution in [2.24, 2.45) is 0 Å². The largest absolute Gasteiger partial charge is 0.443 e. The number of imide groups is 1. The summed E-state index contributed by atoms with van der Waals surface area (Å²) in [6.07, 6.45) is 4.05. The lowest BCUT2D eigenvalue weighted by molar-refractivity contribution is 0.0248. The normalized spacial score (nSPS) is 15.5. The Labute approximate surface area is 235 Å². The van der Waals surface area contributed by atoms with E-state index >= 15 is 0 Å². The van der Waals surface area contributed by atoms with Crippen molar-refractivity contribution < 1.29 is 23.5 Å². The van der Waals surface area contributed by atoms with Gasteiger partial charge in [0.15, 0.2) is 0 Å². The van der Waals surface area contributed by atoms with Crippen LogP contribution in [0.15, 0.2) is 48.8 Å². The zero-order valence-electron chi connectivity index (χ0n) is 23.0. The summed E-state index contributed by atoms with van der Waals surface area (Å²) in [5.74, 6) is -0.351. The second-order valence-electron chi connectivity index (χ2n) is 11.1. The van der Waals surface area contributed by atoms with Crippen LogP contribution in [-0.4, -0.2) is 44.0 Å². The molecule has 3 aromatic heterocycles. The molecule has 4 aromatic rings. The molecule has 0 radical (unpaired) electrons. The smallest absolute Gasteiger partial charge is 0.417 e. The number of nitrogens with one attached hydrogen (secondary N) is 1. The minimum atomic E-state index is -0.801. The Kier molecular flexibility index (Phi) is 6.04. The number of hydrogen-bond acceptors (Lipinski definition) is 7. The van der Waals surface area contributed by atoms with Crippen molar-refractivity contribution in [2.75, 3.05) is 12.4 Å². The van der Waals surface area contributed by atoms with Gasteiger partial charge in [0.25, 0.3) is 11.7 Å². The lowest BCUT2D eigenvalue weighted by Crippen LogP contribution is -2.37. The van der Waals surface area contributed by atoms with Crippen LogP contribution in [-0.2, 0) is 21.6 Å². The quantitative estimate of drug-likeness (QED) is 0.287. The van der Waals surface area contributed by atoms with Gasteiger partial charge in [-0.15, -0.1) is 4.98 Å². The van der Waals surface area contributed by atoms with Crippen molar-refractivity contribution in [3.8, 4) is 11.3 Å². The number of halogens is 1. The highest BCUT2D eigenvalue weighted by molar-refractivity contribution is 6.11. The number of imidazole rings is 1. The molecule has 1 aliphatic carbocycles. The Morgan fingerprint density at radius 2 is 1.98 bits per heavy atom. The monoisotopic (exact) mass is 554 g/mol. The number of methoxy groups -OCH3 is 1. The fourth-order valence-corrected chi connectivity index (χ4v) is 5.18. The molecule has 41 heavy (non-hydrogen) atoms. The second-order valence-corrected chi connectivity index (χ2v) is 11.1. The van der Waals surface area contributed by atoms with Gasteiger partial charge in [0.2, 0.25) is 5.82 Å². The van der Waals surface area contributed by atoms with E-state index in [0.29, 0.717) is 34.0 Å². The number of carbonyl (C=O) groups is 2. The molecule has 2 aliphatic rings. The number of hydrogen-bond donors (Lipinski definition) is 1. The lowest BCUT2D eigenvalue weighted by atomic mass is 9.99. The van der Waals surface area contributed by atoms with Crippen molar-refractivity contribution in [1.82, 2.24) is 19.3 Å². The maximum absolute atomic E-state index is 13.8. The first-order valence-electron chi connectivity index (χ1n) is 13.1. The number of ether oxygens (including phenoxy) is 2. The van der Waals surface area contributed by atoms with Crippen LogP contribution in [0.5, 0.6) is 0 Å². The van der Waals surface area contributed by atoms with E-state index in [9.17, 15) is 14.0 Å². The summed E-state index contributed by atoms with van der Waals surface area (Å²) in [6, 6.07) is 9.74. The highest BCUT2D eigenvalue weighted by Gasteiger charge is 2.46. The topological polar surface area (TPSA) is 102 Å². The first-order valence-corrected chi connectivity index (χ1v) is 13.1. The van der Waals surface area contributed by atoms with E-state index in [4.69, 9.17) is 16.0 Å². The third-order valence-electron chi connectivity index (χ3n) is 7.28. The molecule has 6 rings (SSSR count). The van der Waals surface area contributed by atoms with E-state index in [1.54, 1.807) is 56.8 Å². The maximum Gasteiger partial charge on any atom is 0.417 e. The van der Waals surface area contributed by atoms with E-state index in [-0.39, 0.29) is 17.9 Å². The van der Waals surface area contributed by atoms with Gasteiger partial charge in [0.05, 0.1) is 35.3 Å². The fraction of sp³-hybridized carbons (Fsp3) is 0.300. The standard InChI is InChI=1S/C30H27FN6O4/c1-29(2,3)41-28(39)37-16-19-18(22-15-33-24-14-17(31)10-13-36(22)24)6-8-21(25(19)27(37)38)34-23-9-7-20(26(32-4)35-23)30(40-5)11-12-30/h6-10,13-15H,11-12,16H2,1-3,5H3,(H,34,35). The molecule has 10 nitrogen and oxygen atoms in total. The summed E-state index contributed by atoms with van der Waals surface area (Å²) >= 11 is 0. The number of aromatic nitrogens is 3. The highest BCUT2D eigenvalue weighted by atomic mass is 19.1. The van der Waals surface area contributed by atoms with E-state index < -0.39 is 29.0 Å². The van der Waals surface area contributed by atoms with Gasteiger partial charge in [-0.3, -0.25) is 9.20 Å². The number of carbonyl (C=O) groups excluding carboxylic acids is 2. The van der Waals surface area contributed by atoms with Gasteiger partial charge in [-0.1, -0.05) is 18.7 Å². The molecule has 0 unspecified atom stereocenters. The average molecular weight is 555 g/mol. The highest BCUT2D eigenvalue weighted by Crippen LogP contribution is 2.51. The number of rotatable bonds is 5. The molecule has 11 heteroatoms. The first-order chi connectivity index (χ1) is 19.5. The third-order valence-corrected chi connectivity index (χ3v) is 7.28. The number of amides is 2. The predicted octanol–water partition coefficient (Wildman–Crippen LogP) is 6.36. The molecule has 0 spiro atoms. The summed E-state index contributed by atoms with van der Waals surface area (Å²) in [4.78, 5) is 40.3. The van der Waals surface area contributed by atoms with Gasteiger partial charge in [0, 0.05) is 36.6 Å². The molecule has 0 bridgehead atoms. The van der Waals surface area contributed by atoms with E-state index in [1.807, 2.05) is 12.1 Å².